The van der Waals surface area contributed by atoms with Crippen molar-refractivity contribution in [2.24, 2.45) is 11.8 Å². The summed E-state index contributed by atoms with van der Waals surface area (Å²) in [7, 11) is 0. The molecule has 0 aliphatic heterocycles. The van der Waals surface area contributed by atoms with E-state index < -0.39 is 0 Å². The lowest BCUT2D eigenvalue weighted by Crippen LogP contribution is -2.31. The van der Waals surface area contributed by atoms with Crippen LogP contribution in [-0.4, -0.2) is 12.5 Å². The van der Waals surface area contributed by atoms with Crippen LogP contribution in [0.5, 0.6) is 0 Å². The van der Waals surface area contributed by atoms with E-state index in [1.54, 1.807) is 0 Å². The number of carbonyl (C=O) groups excluding carboxylic acids is 1. The van der Waals surface area contributed by atoms with E-state index in [0.29, 0.717) is 5.92 Å². The number of hydrogen-bond acceptors (Lipinski definition) is 1. The van der Waals surface area contributed by atoms with Gasteiger partial charge in [-0.15, -0.1) is 0 Å². The Hall–Kier alpha value is -0.830. The number of amides is 1. The predicted octanol–water partition coefficient (Wildman–Crippen LogP) is 4.31. The first-order chi connectivity index (χ1) is 9.08. The molecule has 3 heteroatoms. The van der Waals surface area contributed by atoms with Crippen LogP contribution in [0.25, 0.3) is 0 Å². The summed E-state index contributed by atoms with van der Waals surface area (Å²) < 4.78 is 0.992. The summed E-state index contributed by atoms with van der Waals surface area (Å²) in [6.45, 7) is 5.11. The highest BCUT2D eigenvalue weighted by molar-refractivity contribution is 9.10. The number of carbonyl (C=O) groups is 1. The summed E-state index contributed by atoms with van der Waals surface area (Å²) in [5.41, 5.74) is 1.79. The minimum absolute atomic E-state index is 0.0532. The highest BCUT2D eigenvalue weighted by Gasteiger charge is 2.19. The molecule has 1 amide bonds. The molecule has 0 spiro atoms. The minimum atomic E-state index is 0.0532. The lowest BCUT2D eigenvalue weighted by Gasteiger charge is -2.26. The van der Waals surface area contributed by atoms with Gasteiger partial charge in [0, 0.05) is 16.6 Å². The fourth-order valence-electron chi connectivity index (χ4n) is 2.72. The van der Waals surface area contributed by atoms with Gasteiger partial charge in [-0.3, -0.25) is 4.79 Å². The van der Waals surface area contributed by atoms with Crippen molar-refractivity contribution >= 4 is 21.8 Å². The number of nitrogens with one attached hydrogen (secondary N) is 1. The molecule has 0 atom stereocenters. The Bertz CT molecular complexity index is 450. The van der Waals surface area contributed by atoms with Gasteiger partial charge in [0.25, 0.3) is 5.91 Å². The second kappa shape index (κ2) is 6.56. The Labute approximate surface area is 124 Å². The smallest absolute Gasteiger partial charge is 0.251 e. The first-order valence-electron chi connectivity index (χ1n) is 7.11. The molecule has 0 aromatic heterocycles. The average molecular weight is 324 g/mol. The second-order valence-electron chi connectivity index (χ2n) is 5.75. The number of hydrogen-bond donors (Lipinski definition) is 1. The molecule has 1 aromatic carbocycles. The molecule has 2 nitrogen and oxygen atoms in total. The molecule has 1 saturated carbocycles. The zero-order valence-corrected chi connectivity index (χ0v) is 13.3. The molecule has 1 aliphatic carbocycles. The van der Waals surface area contributed by atoms with Gasteiger partial charge in [0.2, 0.25) is 0 Å². The standard InChI is InChI=1S/C16H22BrNO/c1-11-6-8-13(9-7-11)10-18-16(19)14-4-3-5-15(17)12(14)2/h3-5,11,13H,6-10H2,1-2H3,(H,18,19). The van der Waals surface area contributed by atoms with Crippen LogP contribution in [-0.2, 0) is 0 Å². The van der Waals surface area contributed by atoms with E-state index >= 15 is 0 Å². The van der Waals surface area contributed by atoms with Crippen molar-refractivity contribution in [3.8, 4) is 0 Å². The highest BCUT2D eigenvalue weighted by Crippen LogP contribution is 2.27. The van der Waals surface area contributed by atoms with E-state index in [1.165, 1.54) is 25.7 Å². The van der Waals surface area contributed by atoms with Crippen molar-refractivity contribution in [1.29, 1.82) is 0 Å². The van der Waals surface area contributed by atoms with Crippen LogP contribution in [0, 0.1) is 18.8 Å². The number of rotatable bonds is 3. The maximum absolute atomic E-state index is 12.2. The van der Waals surface area contributed by atoms with Gasteiger partial charge in [-0.05, 0) is 49.3 Å². The van der Waals surface area contributed by atoms with Crippen molar-refractivity contribution in [2.75, 3.05) is 6.54 Å². The molecule has 2 rings (SSSR count). The lowest BCUT2D eigenvalue weighted by molar-refractivity contribution is 0.0941. The van der Waals surface area contributed by atoms with E-state index in [-0.39, 0.29) is 5.91 Å². The molecule has 1 fully saturated rings. The third-order valence-electron chi connectivity index (χ3n) is 4.20. The SMILES string of the molecule is Cc1c(Br)cccc1C(=O)NCC1CCC(C)CC1. The molecule has 19 heavy (non-hydrogen) atoms. The summed E-state index contributed by atoms with van der Waals surface area (Å²) in [6, 6.07) is 5.77. The summed E-state index contributed by atoms with van der Waals surface area (Å²) in [5.74, 6) is 1.57. The Morgan fingerprint density at radius 2 is 2.00 bits per heavy atom. The van der Waals surface area contributed by atoms with Crippen LogP contribution in [0.2, 0.25) is 0 Å². The number of halogens is 1. The van der Waals surface area contributed by atoms with Crippen molar-refractivity contribution in [3.05, 3.63) is 33.8 Å². The normalized spacial score (nSPS) is 23.1. The third kappa shape index (κ3) is 3.82. The largest absolute Gasteiger partial charge is 0.352 e. The summed E-state index contributed by atoms with van der Waals surface area (Å²) in [5, 5.41) is 3.09. The Morgan fingerprint density at radius 1 is 1.32 bits per heavy atom. The third-order valence-corrected chi connectivity index (χ3v) is 5.06. The van der Waals surface area contributed by atoms with E-state index in [9.17, 15) is 4.79 Å². The Balaban J connectivity index is 1.89. The van der Waals surface area contributed by atoms with Gasteiger partial charge in [-0.25, -0.2) is 0 Å². The maximum Gasteiger partial charge on any atom is 0.251 e. The molecule has 1 aliphatic rings. The molecule has 0 bridgehead atoms. The zero-order valence-electron chi connectivity index (χ0n) is 11.7. The van der Waals surface area contributed by atoms with E-state index in [1.807, 2.05) is 25.1 Å². The lowest BCUT2D eigenvalue weighted by atomic mass is 9.83. The van der Waals surface area contributed by atoms with Crippen molar-refractivity contribution in [2.45, 2.75) is 39.5 Å². The van der Waals surface area contributed by atoms with Gasteiger partial charge < -0.3 is 5.32 Å². The van der Waals surface area contributed by atoms with E-state index in [2.05, 4.69) is 28.2 Å². The van der Waals surface area contributed by atoms with Crippen LogP contribution in [0.3, 0.4) is 0 Å². The molecular formula is C16H22BrNO. The van der Waals surface area contributed by atoms with Crippen molar-refractivity contribution < 1.29 is 4.79 Å². The summed E-state index contributed by atoms with van der Waals surface area (Å²) in [4.78, 5) is 12.2. The molecule has 0 unspecified atom stereocenters. The molecule has 0 saturated heterocycles. The van der Waals surface area contributed by atoms with Gasteiger partial charge in [0.05, 0.1) is 0 Å². The quantitative estimate of drug-likeness (QED) is 0.882. The van der Waals surface area contributed by atoms with Gasteiger partial charge in [0.15, 0.2) is 0 Å². The maximum atomic E-state index is 12.2. The molecule has 0 heterocycles. The van der Waals surface area contributed by atoms with Gasteiger partial charge in [-0.2, -0.15) is 0 Å². The van der Waals surface area contributed by atoms with Gasteiger partial charge >= 0.3 is 0 Å². The first-order valence-corrected chi connectivity index (χ1v) is 7.90. The van der Waals surface area contributed by atoms with Crippen molar-refractivity contribution in [1.82, 2.24) is 5.32 Å². The van der Waals surface area contributed by atoms with E-state index in [0.717, 1.165) is 28.1 Å². The highest BCUT2D eigenvalue weighted by atomic mass is 79.9. The van der Waals surface area contributed by atoms with Crippen LogP contribution < -0.4 is 5.32 Å². The first kappa shape index (κ1) is 14.6. The fourth-order valence-corrected chi connectivity index (χ4v) is 3.09. The van der Waals surface area contributed by atoms with Crippen molar-refractivity contribution in [3.63, 3.8) is 0 Å². The molecular weight excluding hydrogens is 302 g/mol. The molecule has 1 N–H and O–H groups in total. The Morgan fingerprint density at radius 3 is 2.68 bits per heavy atom. The summed E-state index contributed by atoms with van der Waals surface area (Å²) in [6.07, 6.45) is 5.10. The van der Waals surface area contributed by atoms with Gasteiger partial charge in [0.1, 0.15) is 0 Å². The molecule has 104 valence electrons. The monoisotopic (exact) mass is 323 g/mol. The second-order valence-corrected chi connectivity index (χ2v) is 6.60. The van der Waals surface area contributed by atoms with Gasteiger partial charge in [-0.1, -0.05) is 41.8 Å². The minimum Gasteiger partial charge on any atom is -0.352 e. The van der Waals surface area contributed by atoms with Crippen LogP contribution in [0.1, 0.15) is 48.5 Å². The van der Waals surface area contributed by atoms with E-state index in [4.69, 9.17) is 0 Å². The Kier molecular flexibility index (Phi) is 5.03. The molecule has 1 aromatic rings. The zero-order chi connectivity index (χ0) is 13.8. The van der Waals surface area contributed by atoms with Crippen LogP contribution in [0.15, 0.2) is 22.7 Å². The topological polar surface area (TPSA) is 29.1 Å². The van der Waals surface area contributed by atoms with Crippen LogP contribution >= 0.6 is 15.9 Å². The molecule has 0 radical (unpaired) electrons. The predicted molar refractivity (Wildman–Crippen MR) is 82.3 cm³/mol. The number of benzene rings is 1. The van der Waals surface area contributed by atoms with Crippen LogP contribution in [0.4, 0.5) is 0 Å². The fraction of sp³-hybridized carbons (Fsp3) is 0.562. The average Bonchev–Trinajstić information content (AvgIpc) is 2.41. The summed E-state index contributed by atoms with van der Waals surface area (Å²) >= 11 is 3.47.